The molecule has 0 fully saturated rings. The molecule has 23 heavy (non-hydrogen) atoms. The van der Waals surface area contributed by atoms with Gasteiger partial charge in [-0.1, -0.05) is 11.3 Å². The van der Waals surface area contributed by atoms with Gasteiger partial charge in [-0.25, -0.2) is 9.78 Å². The van der Waals surface area contributed by atoms with E-state index in [1.165, 1.54) is 18.4 Å². The number of esters is 1. The number of methoxy groups -OCH3 is 1. The highest BCUT2D eigenvalue weighted by Crippen LogP contribution is 2.34. The second-order valence-corrected chi connectivity index (χ2v) is 7.56. The molecule has 1 amide bonds. The highest BCUT2D eigenvalue weighted by atomic mass is 32.1. The molecule has 0 aliphatic carbocycles. The summed E-state index contributed by atoms with van der Waals surface area (Å²) in [5.74, 6) is -0.772. The number of rotatable bonds is 6. The second kappa shape index (κ2) is 6.84. The van der Waals surface area contributed by atoms with Crippen molar-refractivity contribution in [2.24, 2.45) is 0 Å². The van der Waals surface area contributed by atoms with Crippen molar-refractivity contribution >= 4 is 49.2 Å². The minimum atomic E-state index is -1.07. The average molecular weight is 355 g/mol. The van der Waals surface area contributed by atoms with Gasteiger partial charge < -0.3 is 15.0 Å². The van der Waals surface area contributed by atoms with Gasteiger partial charge in [-0.2, -0.15) is 0 Å². The van der Waals surface area contributed by atoms with E-state index in [-0.39, 0.29) is 5.91 Å². The Bertz CT molecular complexity index is 685. The van der Waals surface area contributed by atoms with Crippen molar-refractivity contribution in [2.75, 3.05) is 25.1 Å². The number of carbonyl (C=O) groups is 2. The van der Waals surface area contributed by atoms with E-state index >= 15 is 0 Å². The Morgan fingerprint density at radius 3 is 2.48 bits per heavy atom. The summed E-state index contributed by atoms with van der Waals surface area (Å²) < 4.78 is 5.68. The van der Waals surface area contributed by atoms with Gasteiger partial charge >= 0.3 is 5.97 Å². The summed E-state index contributed by atoms with van der Waals surface area (Å²) in [5, 5.41) is 3.67. The zero-order valence-electron chi connectivity index (χ0n) is 13.9. The van der Waals surface area contributed by atoms with E-state index in [2.05, 4.69) is 29.0 Å². The molecule has 0 saturated heterocycles. The van der Waals surface area contributed by atoms with Gasteiger partial charge in [0.05, 0.1) is 16.7 Å². The Morgan fingerprint density at radius 2 is 1.96 bits per heavy atom. The second-order valence-electron chi connectivity index (χ2n) is 5.52. The van der Waals surface area contributed by atoms with Crippen LogP contribution in [0, 0.1) is 0 Å². The number of ether oxygens (including phenoxy) is 1. The lowest BCUT2D eigenvalue weighted by Crippen LogP contribution is -2.50. The van der Waals surface area contributed by atoms with E-state index < -0.39 is 11.5 Å². The first-order valence-corrected chi connectivity index (χ1v) is 9.01. The third kappa shape index (κ3) is 3.64. The van der Waals surface area contributed by atoms with Gasteiger partial charge in [0.2, 0.25) is 0 Å². The smallest absolute Gasteiger partial charge is 0.330 e. The number of aromatic nitrogens is 1. The summed E-state index contributed by atoms with van der Waals surface area (Å²) in [6.45, 7) is 9.21. The Morgan fingerprint density at radius 1 is 1.30 bits per heavy atom. The topological polar surface area (TPSA) is 71.5 Å². The van der Waals surface area contributed by atoms with Gasteiger partial charge in [-0.05, 0) is 33.8 Å². The molecule has 0 unspecified atom stereocenters. The maximum atomic E-state index is 12.3. The first-order chi connectivity index (χ1) is 10.8. The summed E-state index contributed by atoms with van der Waals surface area (Å²) in [6.07, 6.45) is 0. The fourth-order valence-corrected chi connectivity index (χ4v) is 4.35. The Kier molecular flexibility index (Phi) is 5.26. The van der Waals surface area contributed by atoms with E-state index in [0.29, 0.717) is 4.88 Å². The third-order valence-electron chi connectivity index (χ3n) is 3.46. The largest absolute Gasteiger partial charge is 0.467 e. The summed E-state index contributed by atoms with van der Waals surface area (Å²) in [5.41, 5.74) is -1.07. The molecule has 2 aromatic heterocycles. The number of thiazole rings is 1. The summed E-state index contributed by atoms with van der Waals surface area (Å²) in [4.78, 5) is 32.2. The molecule has 2 rings (SSSR count). The minimum absolute atomic E-state index is 0.292. The Balaban J connectivity index is 2.19. The van der Waals surface area contributed by atoms with Crippen LogP contribution in [0.4, 0.5) is 5.13 Å². The van der Waals surface area contributed by atoms with E-state index in [9.17, 15) is 9.59 Å². The van der Waals surface area contributed by atoms with Crippen LogP contribution in [0.25, 0.3) is 9.53 Å². The molecule has 0 bridgehead atoms. The molecule has 0 radical (unpaired) electrons. The zero-order chi connectivity index (χ0) is 17.2. The van der Waals surface area contributed by atoms with Gasteiger partial charge in [0.15, 0.2) is 5.13 Å². The normalized spacial score (nSPS) is 11.5. The first-order valence-electron chi connectivity index (χ1n) is 7.38. The van der Waals surface area contributed by atoms with Crippen LogP contribution in [0.5, 0.6) is 0 Å². The van der Waals surface area contributed by atoms with E-state index in [0.717, 1.165) is 27.8 Å². The summed E-state index contributed by atoms with van der Waals surface area (Å²) in [7, 11) is 1.30. The molecule has 126 valence electrons. The van der Waals surface area contributed by atoms with Crippen LogP contribution < -0.4 is 10.2 Å². The molecular formula is C15H21N3O3S2. The highest BCUT2D eigenvalue weighted by Gasteiger charge is 2.31. The van der Waals surface area contributed by atoms with E-state index in [4.69, 9.17) is 4.74 Å². The fourth-order valence-electron chi connectivity index (χ4n) is 2.12. The lowest BCUT2D eigenvalue weighted by Gasteiger charge is -2.22. The van der Waals surface area contributed by atoms with Crippen LogP contribution in [-0.2, 0) is 9.53 Å². The molecule has 0 aliphatic heterocycles. The van der Waals surface area contributed by atoms with Crippen LogP contribution in [0.3, 0.4) is 0 Å². The van der Waals surface area contributed by atoms with Gasteiger partial charge in [-0.15, -0.1) is 11.3 Å². The van der Waals surface area contributed by atoms with Crippen LogP contribution in [-0.4, -0.2) is 42.6 Å². The van der Waals surface area contributed by atoms with Crippen molar-refractivity contribution in [2.45, 2.75) is 33.2 Å². The molecule has 0 spiro atoms. The van der Waals surface area contributed by atoms with Crippen LogP contribution in [0.1, 0.15) is 37.4 Å². The maximum Gasteiger partial charge on any atom is 0.330 e. The van der Waals surface area contributed by atoms with Crippen molar-refractivity contribution in [1.82, 2.24) is 10.3 Å². The minimum Gasteiger partial charge on any atom is -0.467 e. The zero-order valence-corrected chi connectivity index (χ0v) is 15.6. The number of carbonyl (C=O) groups excluding carboxylic acids is 2. The summed E-state index contributed by atoms with van der Waals surface area (Å²) in [6, 6.07) is 1.83. The fraction of sp³-hybridized carbons (Fsp3) is 0.533. The Labute approximate surface area is 143 Å². The van der Waals surface area contributed by atoms with Crippen LogP contribution in [0.15, 0.2) is 6.07 Å². The number of nitrogens with zero attached hydrogens (tertiary/aromatic N) is 2. The standard InChI is InChI=1S/C15H21N3O3S2/c1-6-18(7-2)14-16-12-10(23-14)8-9(22-12)11(19)17-15(3,4)13(20)21-5/h8H,6-7H2,1-5H3,(H,17,19). The predicted molar refractivity (Wildman–Crippen MR) is 94.6 cm³/mol. The quantitative estimate of drug-likeness (QED) is 0.807. The van der Waals surface area contributed by atoms with Crippen molar-refractivity contribution in [3.63, 3.8) is 0 Å². The molecular weight excluding hydrogens is 334 g/mol. The first kappa shape index (κ1) is 17.7. The third-order valence-corrected chi connectivity index (χ3v) is 5.68. The number of amides is 1. The number of nitrogens with one attached hydrogen (secondary N) is 1. The van der Waals surface area contributed by atoms with Crippen molar-refractivity contribution in [3.8, 4) is 0 Å². The monoisotopic (exact) mass is 355 g/mol. The molecule has 0 saturated carbocycles. The van der Waals surface area contributed by atoms with Gasteiger partial charge in [0, 0.05) is 13.1 Å². The van der Waals surface area contributed by atoms with Crippen LogP contribution >= 0.6 is 22.7 Å². The number of fused-ring (bicyclic) bond motifs is 1. The molecule has 6 nitrogen and oxygen atoms in total. The van der Waals surface area contributed by atoms with Crippen molar-refractivity contribution in [3.05, 3.63) is 10.9 Å². The van der Waals surface area contributed by atoms with Crippen LogP contribution in [0.2, 0.25) is 0 Å². The van der Waals surface area contributed by atoms with E-state index in [1.54, 1.807) is 25.2 Å². The van der Waals surface area contributed by atoms with Gasteiger partial charge in [0.25, 0.3) is 5.91 Å². The SMILES string of the molecule is CCN(CC)c1nc2sc(C(=O)NC(C)(C)C(=O)OC)cc2s1. The maximum absolute atomic E-state index is 12.3. The van der Waals surface area contributed by atoms with Crippen molar-refractivity contribution < 1.29 is 14.3 Å². The number of hydrogen-bond donors (Lipinski definition) is 1. The Hall–Kier alpha value is -1.67. The van der Waals surface area contributed by atoms with Crippen molar-refractivity contribution in [1.29, 1.82) is 0 Å². The average Bonchev–Trinajstić information content (AvgIpc) is 3.06. The number of hydrogen-bond acceptors (Lipinski definition) is 7. The molecule has 1 N–H and O–H groups in total. The molecule has 0 aromatic carbocycles. The molecule has 2 aromatic rings. The lowest BCUT2D eigenvalue weighted by atomic mass is 10.1. The van der Waals surface area contributed by atoms with Gasteiger partial charge in [0.1, 0.15) is 10.4 Å². The predicted octanol–water partition coefficient (Wildman–Crippen LogP) is 2.89. The number of thiophene rings is 1. The summed E-state index contributed by atoms with van der Waals surface area (Å²) >= 11 is 2.91. The molecule has 0 aliphatic rings. The molecule has 0 atom stereocenters. The highest BCUT2D eigenvalue weighted by molar-refractivity contribution is 7.29. The number of anilines is 1. The van der Waals surface area contributed by atoms with E-state index in [1.807, 2.05) is 6.07 Å². The van der Waals surface area contributed by atoms with Gasteiger partial charge in [-0.3, -0.25) is 4.79 Å². The molecule has 2 heterocycles. The lowest BCUT2D eigenvalue weighted by molar-refractivity contribution is -0.146. The molecule has 8 heteroatoms.